The number of aryl methyl sites for hydroxylation is 1. The molecule has 0 spiro atoms. The smallest absolute Gasteiger partial charge is 0.320 e. The molecule has 6 heteroatoms. The van der Waals surface area contributed by atoms with Crippen LogP contribution in [0.25, 0.3) is 0 Å². The van der Waals surface area contributed by atoms with E-state index in [0.29, 0.717) is 18.6 Å². The van der Waals surface area contributed by atoms with Crippen molar-refractivity contribution < 1.29 is 18.3 Å². The van der Waals surface area contributed by atoms with E-state index < -0.39 is 6.55 Å². The lowest BCUT2D eigenvalue weighted by Gasteiger charge is -2.09. The zero-order valence-electron chi connectivity index (χ0n) is 10.6. The number of carbonyl (C=O) groups is 1. The molecule has 0 aliphatic heterocycles. The van der Waals surface area contributed by atoms with Crippen LogP contribution in [0.15, 0.2) is 30.6 Å². The predicted molar refractivity (Wildman–Crippen MR) is 66.9 cm³/mol. The second-order valence-corrected chi connectivity index (χ2v) is 4.56. The molecule has 0 saturated carbocycles. The largest absolute Gasteiger partial charge is 0.486 e. The number of ketones is 1. The van der Waals surface area contributed by atoms with Crippen LogP contribution in [0.5, 0.6) is 5.75 Å². The number of hydrogen-bond acceptors (Lipinski definition) is 3. The SMILES string of the molecule is O=C1CCc2cc(OCc3nccn3C(F)F)ccc21. The molecule has 2 aromatic rings. The monoisotopic (exact) mass is 278 g/mol. The van der Waals surface area contributed by atoms with Gasteiger partial charge < -0.3 is 4.74 Å². The molecule has 0 atom stereocenters. The quantitative estimate of drug-likeness (QED) is 0.863. The molecule has 1 aliphatic rings. The molecule has 0 unspecified atom stereocenters. The third-order valence-corrected chi connectivity index (χ3v) is 3.33. The van der Waals surface area contributed by atoms with Gasteiger partial charge in [0, 0.05) is 24.4 Å². The Morgan fingerprint density at radius 3 is 3.00 bits per heavy atom. The first-order valence-corrected chi connectivity index (χ1v) is 6.24. The van der Waals surface area contributed by atoms with Crippen molar-refractivity contribution in [3.05, 3.63) is 47.5 Å². The number of carbonyl (C=O) groups excluding carboxylic acids is 1. The number of Topliss-reactive ketones (excluding diaryl/α,β-unsaturated/α-hetero) is 1. The molecule has 104 valence electrons. The van der Waals surface area contributed by atoms with Crippen molar-refractivity contribution in [2.75, 3.05) is 0 Å². The molecule has 0 fully saturated rings. The summed E-state index contributed by atoms with van der Waals surface area (Å²) in [4.78, 5) is 15.3. The van der Waals surface area contributed by atoms with E-state index in [1.165, 1.54) is 12.4 Å². The molecule has 0 N–H and O–H groups in total. The maximum Gasteiger partial charge on any atom is 0.320 e. The third-order valence-electron chi connectivity index (χ3n) is 3.33. The first kappa shape index (κ1) is 12.8. The topological polar surface area (TPSA) is 44.1 Å². The summed E-state index contributed by atoms with van der Waals surface area (Å²) in [5, 5.41) is 0. The lowest BCUT2D eigenvalue weighted by molar-refractivity contribution is 0.0632. The predicted octanol–water partition coefficient (Wildman–Crippen LogP) is 2.99. The number of hydrogen-bond donors (Lipinski definition) is 0. The number of rotatable bonds is 4. The first-order chi connectivity index (χ1) is 9.65. The zero-order valence-corrected chi connectivity index (χ0v) is 10.6. The van der Waals surface area contributed by atoms with Crippen LogP contribution in [0.3, 0.4) is 0 Å². The van der Waals surface area contributed by atoms with E-state index >= 15 is 0 Å². The molecule has 0 amide bonds. The Balaban J connectivity index is 1.73. The second-order valence-electron chi connectivity index (χ2n) is 4.56. The van der Waals surface area contributed by atoms with Crippen molar-refractivity contribution >= 4 is 5.78 Å². The minimum absolute atomic E-state index is 0.0376. The van der Waals surface area contributed by atoms with Gasteiger partial charge in [0.05, 0.1) is 0 Å². The molecule has 20 heavy (non-hydrogen) atoms. The minimum atomic E-state index is -2.63. The van der Waals surface area contributed by atoms with E-state index in [1.54, 1.807) is 18.2 Å². The Morgan fingerprint density at radius 2 is 2.20 bits per heavy atom. The standard InChI is InChI=1S/C14H12F2N2O2/c15-14(16)18-6-5-17-13(18)8-20-10-2-3-11-9(7-10)1-4-12(11)19/h2-3,5-7,14H,1,4,8H2. The summed E-state index contributed by atoms with van der Waals surface area (Å²) in [6, 6.07) is 5.19. The van der Waals surface area contributed by atoms with Crippen molar-refractivity contribution in [2.45, 2.75) is 26.0 Å². The van der Waals surface area contributed by atoms with Gasteiger partial charge in [-0.1, -0.05) is 0 Å². The summed E-state index contributed by atoms with van der Waals surface area (Å²) in [5.74, 6) is 0.860. The summed E-state index contributed by atoms with van der Waals surface area (Å²) in [6.07, 6.45) is 3.75. The lowest BCUT2D eigenvalue weighted by Crippen LogP contribution is -2.07. The molecule has 4 nitrogen and oxygen atoms in total. The first-order valence-electron chi connectivity index (χ1n) is 6.24. The number of ether oxygens (including phenoxy) is 1. The van der Waals surface area contributed by atoms with Crippen LogP contribution in [0.1, 0.15) is 34.7 Å². The highest BCUT2D eigenvalue weighted by molar-refractivity contribution is 6.00. The van der Waals surface area contributed by atoms with E-state index in [9.17, 15) is 13.6 Å². The van der Waals surface area contributed by atoms with Crippen molar-refractivity contribution in [3.63, 3.8) is 0 Å². The van der Waals surface area contributed by atoms with Gasteiger partial charge in [-0.15, -0.1) is 0 Å². The van der Waals surface area contributed by atoms with Crippen LogP contribution in [0, 0.1) is 0 Å². The Morgan fingerprint density at radius 1 is 1.35 bits per heavy atom. The van der Waals surface area contributed by atoms with Gasteiger partial charge in [0.25, 0.3) is 0 Å². The van der Waals surface area contributed by atoms with Gasteiger partial charge in [0.1, 0.15) is 12.4 Å². The summed E-state index contributed by atoms with van der Waals surface area (Å²) >= 11 is 0. The molecule has 0 saturated heterocycles. The lowest BCUT2D eigenvalue weighted by atomic mass is 10.1. The van der Waals surface area contributed by atoms with Gasteiger partial charge in [-0.05, 0) is 30.2 Å². The molecule has 0 radical (unpaired) electrons. The summed E-state index contributed by atoms with van der Waals surface area (Å²) in [6.45, 7) is -2.67. The maximum atomic E-state index is 12.6. The number of halogens is 2. The molecular formula is C14H12F2N2O2. The van der Waals surface area contributed by atoms with E-state index in [-0.39, 0.29) is 18.2 Å². The van der Waals surface area contributed by atoms with Crippen LogP contribution >= 0.6 is 0 Å². The molecule has 0 bridgehead atoms. The van der Waals surface area contributed by atoms with Gasteiger partial charge in [0.2, 0.25) is 0 Å². The normalized spacial score (nSPS) is 13.8. The third kappa shape index (κ3) is 2.29. The number of alkyl halides is 2. The molecular weight excluding hydrogens is 266 g/mol. The molecule has 3 rings (SSSR count). The summed E-state index contributed by atoms with van der Waals surface area (Å²) in [5.41, 5.74) is 1.68. The number of imidazole rings is 1. The fraction of sp³-hybridized carbons (Fsp3) is 0.286. The van der Waals surface area contributed by atoms with E-state index in [2.05, 4.69) is 4.98 Å². The Bertz CT molecular complexity index is 652. The van der Waals surface area contributed by atoms with Gasteiger partial charge in [0.15, 0.2) is 11.6 Å². The number of fused-ring (bicyclic) bond motifs is 1. The van der Waals surface area contributed by atoms with E-state index in [1.807, 2.05) is 0 Å². The van der Waals surface area contributed by atoms with Crippen molar-refractivity contribution in [1.82, 2.24) is 9.55 Å². The van der Waals surface area contributed by atoms with Crippen molar-refractivity contribution in [1.29, 1.82) is 0 Å². The second kappa shape index (κ2) is 5.03. The van der Waals surface area contributed by atoms with Gasteiger partial charge in [-0.25, -0.2) is 4.98 Å². The number of aromatic nitrogens is 2. The average Bonchev–Trinajstić information content (AvgIpc) is 3.03. The van der Waals surface area contributed by atoms with Crippen LogP contribution in [-0.4, -0.2) is 15.3 Å². The Labute approximate surface area is 114 Å². The van der Waals surface area contributed by atoms with E-state index in [0.717, 1.165) is 15.7 Å². The highest BCUT2D eigenvalue weighted by Crippen LogP contribution is 2.26. The fourth-order valence-electron chi connectivity index (χ4n) is 2.30. The van der Waals surface area contributed by atoms with Crippen LogP contribution in [0.2, 0.25) is 0 Å². The van der Waals surface area contributed by atoms with Crippen molar-refractivity contribution in [3.8, 4) is 5.75 Å². The Kier molecular flexibility index (Phi) is 3.22. The Hall–Kier alpha value is -2.24. The zero-order chi connectivity index (χ0) is 14.1. The van der Waals surface area contributed by atoms with Gasteiger partial charge in [-0.3, -0.25) is 9.36 Å². The maximum absolute atomic E-state index is 12.6. The van der Waals surface area contributed by atoms with Crippen LogP contribution in [0.4, 0.5) is 8.78 Å². The fourth-order valence-corrected chi connectivity index (χ4v) is 2.30. The summed E-state index contributed by atoms with van der Waals surface area (Å²) in [7, 11) is 0. The highest BCUT2D eigenvalue weighted by atomic mass is 19.3. The average molecular weight is 278 g/mol. The van der Waals surface area contributed by atoms with Gasteiger partial charge >= 0.3 is 6.55 Å². The van der Waals surface area contributed by atoms with Gasteiger partial charge in [-0.2, -0.15) is 8.78 Å². The number of benzene rings is 1. The van der Waals surface area contributed by atoms with Crippen LogP contribution < -0.4 is 4.74 Å². The molecule has 1 aliphatic carbocycles. The molecule has 1 aromatic heterocycles. The van der Waals surface area contributed by atoms with E-state index in [4.69, 9.17) is 4.74 Å². The highest BCUT2D eigenvalue weighted by Gasteiger charge is 2.19. The van der Waals surface area contributed by atoms with Crippen LogP contribution in [-0.2, 0) is 13.0 Å². The number of nitrogens with zero attached hydrogens (tertiary/aromatic N) is 2. The van der Waals surface area contributed by atoms with Crippen molar-refractivity contribution in [2.24, 2.45) is 0 Å². The molecule has 1 heterocycles. The minimum Gasteiger partial charge on any atom is -0.486 e. The molecule has 1 aromatic carbocycles. The summed E-state index contributed by atoms with van der Waals surface area (Å²) < 4.78 is 31.5.